The smallest absolute Gasteiger partial charge is 0.256 e. The monoisotopic (exact) mass is 393 g/mol. The molecule has 1 N–H and O–H groups in total. The molecule has 0 aliphatic carbocycles. The number of hydrogen-bond donors (Lipinski definition) is 1. The maximum atomic E-state index is 12.7. The lowest BCUT2D eigenvalue weighted by Gasteiger charge is -2.47. The zero-order chi connectivity index (χ0) is 20.3. The Labute approximate surface area is 171 Å². The summed E-state index contributed by atoms with van der Waals surface area (Å²) in [6, 6.07) is 13.0. The van der Waals surface area contributed by atoms with Gasteiger partial charge in [0.15, 0.2) is 6.10 Å². The van der Waals surface area contributed by atoms with Crippen LogP contribution in [0.1, 0.15) is 42.9 Å². The first-order valence-electron chi connectivity index (χ1n) is 10.2. The third-order valence-electron chi connectivity index (χ3n) is 6.36. The number of carbonyl (C=O) groups is 2. The molecule has 1 aromatic carbocycles. The van der Waals surface area contributed by atoms with E-state index < -0.39 is 6.10 Å². The average molecular weight is 393 g/mol. The van der Waals surface area contributed by atoms with Gasteiger partial charge in [0.1, 0.15) is 0 Å². The van der Waals surface area contributed by atoms with Crippen LogP contribution < -0.4 is 0 Å². The van der Waals surface area contributed by atoms with Gasteiger partial charge in [0.2, 0.25) is 5.91 Å². The normalized spacial score (nSPS) is 20.0. The predicted molar refractivity (Wildman–Crippen MR) is 109 cm³/mol. The second-order valence-electron chi connectivity index (χ2n) is 8.24. The molecule has 1 aromatic heterocycles. The van der Waals surface area contributed by atoms with Crippen molar-refractivity contribution in [2.24, 2.45) is 5.41 Å². The molecule has 4 rings (SSSR count). The number of aromatic nitrogens is 1. The summed E-state index contributed by atoms with van der Waals surface area (Å²) in [4.78, 5) is 33.0. The summed E-state index contributed by atoms with van der Waals surface area (Å²) in [7, 11) is 0. The van der Waals surface area contributed by atoms with Gasteiger partial charge in [0.25, 0.3) is 5.91 Å². The summed E-state index contributed by atoms with van der Waals surface area (Å²) >= 11 is 0. The quantitative estimate of drug-likeness (QED) is 0.866. The van der Waals surface area contributed by atoms with Gasteiger partial charge in [-0.15, -0.1) is 0 Å². The van der Waals surface area contributed by atoms with Gasteiger partial charge in [-0.3, -0.25) is 14.6 Å². The number of amides is 2. The van der Waals surface area contributed by atoms with E-state index in [2.05, 4.69) is 4.98 Å². The standard InChI is InChI=1S/C23H27N3O3/c27-20-6-9-23(17-26(20)16-18-7-12-24-13-8-18)10-14-25(15-11-23)22(29)21(28)19-4-2-1-3-5-19/h1-5,7-8,12-13,21,28H,6,9-11,14-17H2/t21-/m0/s1. The van der Waals surface area contributed by atoms with Crippen molar-refractivity contribution < 1.29 is 14.7 Å². The average Bonchev–Trinajstić information content (AvgIpc) is 2.77. The molecule has 3 heterocycles. The Balaban J connectivity index is 1.37. The number of rotatable bonds is 4. The zero-order valence-electron chi connectivity index (χ0n) is 16.5. The lowest BCUT2D eigenvalue weighted by atomic mass is 9.72. The second kappa shape index (κ2) is 8.33. The summed E-state index contributed by atoms with van der Waals surface area (Å²) in [5, 5.41) is 10.4. The van der Waals surface area contributed by atoms with E-state index in [0.29, 0.717) is 31.6 Å². The molecule has 29 heavy (non-hydrogen) atoms. The Morgan fingerprint density at radius 2 is 1.76 bits per heavy atom. The summed E-state index contributed by atoms with van der Waals surface area (Å²) in [6.45, 7) is 2.59. The molecule has 0 bridgehead atoms. The summed E-state index contributed by atoms with van der Waals surface area (Å²) < 4.78 is 0. The predicted octanol–water partition coefficient (Wildman–Crippen LogP) is 2.55. The molecular formula is C23H27N3O3. The van der Waals surface area contributed by atoms with Crippen LogP contribution in [-0.4, -0.2) is 51.3 Å². The molecule has 2 fully saturated rings. The lowest BCUT2D eigenvalue weighted by molar-refractivity contribution is -0.147. The summed E-state index contributed by atoms with van der Waals surface area (Å²) in [5.41, 5.74) is 1.78. The molecule has 6 nitrogen and oxygen atoms in total. The fourth-order valence-electron chi connectivity index (χ4n) is 4.52. The molecule has 2 amide bonds. The largest absolute Gasteiger partial charge is 0.378 e. The third-order valence-corrected chi connectivity index (χ3v) is 6.36. The molecule has 2 aromatic rings. The van der Waals surface area contributed by atoms with E-state index in [1.807, 2.05) is 35.2 Å². The minimum absolute atomic E-state index is 0.0649. The van der Waals surface area contributed by atoms with Crippen molar-refractivity contribution in [3.8, 4) is 0 Å². The van der Waals surface area contributed by atoms with Gasteiger partial charge in [0.05, 0.1) is 0 Å². The van der Waals surface area contributed by atoms with E-state index in [9.17, 15) is 14.7 Å². The van der Waals surface area contributed by atoms with Gasteiger partial charge in [0, 0.05) is 45.0 Å². The molecule has 0 unspecified atom stereocenters. The highest BCUT2D eigenvalue weighted by Gasteiger charge is 2.42. The lowest BCUT2D eigenvalue weighted by Crippen LogP contribution is -2.52. The van der Waals surface area contributed by atoms with Gasteiger partial charge in [-0.2, -0.15) is 0 Å². The van der Waals surface area contributed by atoms with Crippen molar-refractivity contribution in [1.29, 1.82) is 0 Å². The maximum Gasteiger partial charge on any atom is 0.256 e. The van der Waals surface area contributed by atoms with Crippen molar-refractivity contribution in [1.82, 2.24) is 14.8 Å². The van der Waals surface area contributed by atoms with E-state index in [0.717, 1.165) is 31.4 Å². The van der Waals surface area contributed by atoms with Crippen LogP contribution >= 0.6 is 0 Å². The number of aliphatic hydroxyl groups is 1. The minimum atomic E-state index is -1.11. The fraction of sp³-hybridized carbons (Fsp3) is 0.435. The SMILES string of the molecule is O=C1CCC2(CCN(C(=O)[C@@H](O)c3ccccc3)CC2)CN1Cc1ccncc1. The number of carbonyl (C=O) groups excluding carboxylic acids is 2. The first-order valence-corrected chi connectivity index (χ1v) is 10.2. The number of hydrogen-bond acceptors (Lipinski definition) is 4. The first kappa shape index (κ1) is 19.6. The van der Waals surface area contributed by atoms with Crippen molar-refractivity contribution in [3.05, 3.63) is 66.0 Å². The van der Waals surface area contributed by atoms with Gasteiger partial charge in [-0.05, 0) is 47.9 Å². The van der Waals surface area contributed by atoms with Crippen LogP contribution in [0.2, 0.25) is 0 Å². The Hall–Kier alpha value is -2.73. The van der Waals surface area contributed by atoms with Crippen LogP contribution in [-0.2, 0) is 16.1 Å². The molecular weight excluding hydrogens is 366 g/mol. The van der Waals surface area contributed by atoms with Crippen LogP contribution in [0, 0.1) is 5.41 Å². The fourth-order valence-corrected chi connectivity index (χ4v) is 4.52. The van der Waals surface area contributed by atoms with E-state index in [4.69, 9.17) is 0 Å². The number of pyridine rings is 1. The number of aliphatic hydroxyl groups excluding tert-OH is 1. The van der Waals surface area contributed by atoms with Crippen LogP contribution in [0.4, 0.5) is 0 Å². The maximum absolute atomic E-state index is 12.7. The highest BCUT2D eigenvalue weighted by Crippen LogP contribution is 2.41. The van der Waals surface area contributed by atoms with Crippen molar-refractivity contribution in [3.63, 3.8) is 0 Å². The van der Waals surface area contributed by atoms with E-state index in [1.54, 1.807) is 29.4 Å². The van der Waals surface area contributed by atoms with Gasteiger partial charge in [-0.1, -0.05) is 30.3 Å². The number of likely N-dealkylation sites (tertiary alicyclic amines) is 2. The van der Waals surface area contributed by atoms with E-state index >= 15 is 0 Å². The first-order chi connectivity index (χ1) is 14.1. The molecule has 152 valence electrons. The van der Waals surface area contributed by atoms with Gasteiger partial charge in [-0.25, -0.2) is 0 Å². The van der Waals surface area contributed by atoms with Crippen molar-refractivity contribution in [2.45, 2.75) is 38.3 Å². The summed E-state index contributed by atoms with van der Waals surface area (Å²) in [5.74, 6) is -0.0305. The van der Waals surface area contributed by atoms with E-state index in [-0.39, 0.29) is 17.2 Å². The highest BCUT2D eigenvalue weighted by atomic mass is 16.3. The number of benzene rings is 1. The molecule has 1 atom stereocenters. The van der Waals surface area contributed by atoms with Crippen molar-refractivity contribution in [2.75, 3.05) is 19.6 Å². The number of piperidine rings is 2. The Kier molecular flexibility index (Phi) is 5.62. The topological polar surface area (TPSA) is 73.7 Å². The minimum Gasteiger partial charge on any atom is -0.378 e. The molecule has 0 saturated carbocycles. The van der Waals surface area contributed by atoms with Crippen LogP contribution in [0.5, 0.6) is 0 Å². The Bertz CT molecular complexity index is 848. The zero-order valence-corrected chi connectivity index (χ0v) is 16.5. The molecule has 2 aliphatic rings. The third kappa shape index (κ3) is 4.32. The number of nitrogens with zero attached hydrogens (tertiary/aromatic N) is 3. The van der Waals surface area contributed by atoms with Crippen LogP contribution in [0.3, 0.4) is 0 Å². The summed E-state index contributed by atoms with van der Waals surface area (Å²) in [6.07, 6.45) is 5.55. The molecule has 1 spiro atoms. The van der Waals surface area contributed by atoms with Gasteiger partial charge < -0.3 is 14.9 Å². The Morgan fingerprint density at radius 3 is 2.45 bits per heavy atom. The van der Waals surface area contributed by atoms with Crippen LogP contribution in [0.15, 0.2) is 54.9 Å². The van der Waals surface area contributed by atoms with Crippen molar-refractivity contribution >= 4 is 11.8 Å². The second-order valence-corrected chi connectivity index (χ2v) is 8.24. The molecule has 2 aliphatic heterocycles. The molecule has 6 heteroatoms. The molecule has 0 radical (unpaired) electrons. The van der Waals surface area contributed by atoms with Crippen LogP contribution in [0.25, 0.3) is 0 Å². The van der Waals surface area contributed by atoms with Gasteiger partial charge >= 0.3 is 0 Å². The molecule has 2 saturated heterocycles. The Morgan fingerprint density at radius 1 is 1.07 bits per heavy atom. The van der Waals surface area contributed by atoms with E-state index in [1.165, 1.54) is 0 Å². The highest BCUT2D eigenvalue weighted by molar-refractivity contribution is 5.82.